The van der Waals surface area contributed by atoms with Gasteiger partial charge in [0.25, 0.3) is 0 Å². The van der Waals surface area contributed by atoms with E-state index >= 15 is 0 Å². The zero-order valence-corrected chi connectivity index (χ0v) is 15.1. The summed E-state index contributed by atoms with van der Waals surface area (Å²) in [6.45, 7) is 5.91. The van der Waals surface area contributed by atoms with Gasteiger partial charge in [-0.25, -0.2) is 0 Å². The summed E-state index contributed by atoms with van der Waals surface area (Å²) >= 11 is 5.95. The zero-order valence-electron chi connectivity index (χ0n) is 14.4. The average Bonchev–Trinajstić information content (AvgIpc) is 2.52. The van der Waals surface area contributed by atoms with Crippen LogP contribution in [0.25, 0.3) is 10.9 Å². The first-order valence-electron chi connectivity index (χ1n) is 8.01. The van der Waals surface area contributed by atoms with Gasteiger partial charge in [0.05, 0.1) is 5.52 Å². The van der Waals surface area contributed by atoms with Crippen LogP contribution in [0.15, 0.2) is 47.4 Å². The number of benzene rings is 2. The summed E-state index contributed by atoms with van der Waals surface area (Å²) in [5.41, 5.74) is 4.34. The lowest BCUT2D eigenvalue weighted by atomic mass is 10.1. The minimum Gasteiger partial charge on any atom is -0.338 e. The standard InChI is InChI=1S/C20H19ClN2O2/c1-12-8-14(3)20-17(9-12)23(7-6-18(20)24)11-19(25)22-16-5-4-15(21)10-13(16)2/h4-10H,11H2,1-3H3,(H,22,25). The molecule has 2 aromatic carbocycles. The molecule has 0 saturated heterocycles. The normalized spacial score (nSPS) is 10.9. The molecule has 0 radical (unpaired) electrons. The lowest BCUT2D eigenvalue weighted by Gasteiger charge is -2.14. The van der Waals surface area contributed by atoms with E-state index in [0.717, 1.165) is 27.9 Å². The maximum absolute atomic E-state index is 12.5. The van der Waals surface area contributed by atoms with Gasteiger partial charge >= 0.3 is 0 Å². The Morgan fingerprint density at radius 1 is 1.08 bits per heavy atom. The van der Waals surface area contributed by atoms with Gasteiger partial charge in [0, 0.05) is 28.4 Å². The van der Waals surface area contributed by atoms with Crippen LogP contribution in [0.3, 0.4) is 0 Å². The SMILES string of the molecule is Cc1cc(C)c2c(=O)ccn(CC(=O)Nc3ccc(Cl)cc3C)c2c1. The highest BCUT2D eigenvalue weighted by Crippen LogP contribution is 2.20. The summed E-state index contributed by atoms with van der Waals surface area (Å²) < 4.78 is 1.80. The number of nitrogens with one attached hydrogen (secondary N) is 1. The topological polar surface area (TPSA) is 51.1 Å². The number of anilines is 1. The smallest absolute Gasteiger partial charge is 0.244 e. The molecular weight excluding hydrogens is 336 g/mol. The monoisotopic (exact) mass is 354 g/mol. The highest BCUT2D eigenvalue weighted by molar-refractivity contribution is 6.30. The molecule has 0 aliphatic carbocycles. The van der Waals surface area contributed by atoms with Crippen molar-refractivity contribution >= 4 is 34.1 Å². The number of halogens is 1. The van der Waals surface area contributed by atoms with Crippen molar-refractivity contribution in [3.05, 3.63) is 74.5 Å². The fourth-order valence-corrected chi connectivity index (χ4v) is 3.29. The Balaban J connectivity index is 1.94. The molecule has 3 aromatic rings. The van der Waals surface area contributed by atoms with Crippen molar-refractivity contribution in [2.24, 2.45) is 0 Å². The maximum Gasteiger partial charge on any atom is 0.244 e. The number of nitrogens with zero attached hydrogens (tertiary/aromatic N) is 1. The fraction of sp³-hybridized carbons (Fsp3) is 0.200. The molecule has 0 aliphatic rings. The van der Waals surface area contributed by atoms with Crippen molar-refractivity contribution in [3.63, 3.8) is 0 Å². The van der Waals surface area contributed by atoms with Crippen LogP contribution in [-0.2, 0) is 11.3 Å². The van der Waals surface area contributed by atoms with Gasteiger partial charge in [0.15, 0.2) is 5.43 Å². The third-order valence-electron chi connectivity index (χ3n) is 4.20. The second-order valence-corrected chi connectivity index (χ2v) is 6.73. The van der Waals surface area contributed by atoms with E-state index in [4.69, 9.17) is 11.6 Å². The van der Waals surface area contributed by atoms with Gasteiger partial charge in [-0.05, 0) is 61.7 Å². The summed E-state index contributed by atoms with van der Waals surface area (Å²) in [6, 6.07) is 10.7. The Kier molecular flexibility index (Phi) is 4.64. The minimum atomic E-state index is -0.158. The number of pyridine rings is 1. The average molecular weight is 355 g/mol. The van der Waals surface area contributed by atoms with Crippen molar-refractivity contribution in [1.82, 2.24) is 4.57 Å². The first-order chi connectivity index (χ1) is 11.8. The molecule has 0 atom stereocenters. The summed E-state index contributed by atoms with van der Waals surface area (Å²) in [4.78, 5) is 24.7. The predicted octanol–water partition coefficient (Wildman–Crippen LogP) is 4.22. The molecule has 3 rings (SSSR count). The number of rotatable bonds is 3. The summed E-state index contributed by atoms with van der Waals surface area (Å²) in [6.07, 6.45) is 1.66. The molecule has 5 heteroatoms. The molecule has 1 heterocycles. The molecule has 1 amide bonds. The van der Waals surface area contributed by atoms with Crippen LogP contribution in [0.5, 0.6) is 0 Å². The number of hydrogen-bond acceptors (Lipinski definition) is 2. The number of fused-ring (bicyclic) bond motifs is 1. The summed E-state index contributed by atoms with van der Waals surface area (Å²) in [5.74, 6) is -0.158. The van der Waals surface area contributed by atoms with E-state index in [1.54, 1.807) is 29.0 Å². The molecule has 25 heavy (non-hydrogen) atoms. The number of carbonyl (C=O) groups is 1. The first kappa shape index (κ1) is 17.2. The zero-order chi connectivity index (χ0) is 18.1. The van der Waals surface area contributed by atoms with Crippen LogP contribution in [0, 0.1) is 20.8 Å². The van der Waals surface area contributed by atoms with Gasteiger partial charge in [-0.1, -0.05) is 17.7 Å². The fourth-order valence-electron chi connectivity index (χ4n) is 3.06. The van der Waals surface area contributed by atoms with Crippen molar-refractivity contribution in [1.29, 1.82) is 0 Å². The van der Waals surface area contributed by atoms with Gasteiger partial charge in [-0.3, -0.25) is 9.59 Å². The van der Waals surface area contributed by atoms with E-state index in [0.29, 0.717) is 10.4 Å². The van der Waals surface area contributed by atoms with E-state index in [-0.39, 0.29) is 17.9 Å². The highest BCUT2D eigenvalue weighted by atomic mass is 35.5. The van der Waals surface area contributed by atoms with Gasteiger partial charge in [0.1, 0.15) is 6.54 Å². The second kappa shape index (κ2) is 6.73. The molecule has 0 unspecified atom stereocenters. The van der Waals surface area contributed by atoms with E-state index in [9.17, 15) is 9.59 Å². The Hall–Kier alpha value is -2.59. The van der Waals surface area contributed by atoms with Gasteiger partial charge in [0.2, 0.25) is 5.91 Å². The summed E-state index contributed by atoms with van der Waals surface area (Å²) in [5, 5.41) is 4.19. The molecule has 1 aromatic heterocycles. The highest BCUT2D eigenvalue weighted by Gasteiger charge is 2.11. The number of aromatic nitrogens is 1. The molecule has 4 nitrogen and oxygen atoms in total. The molecule has 0 saturated carbocycles. The second-order valence-electron chi connectivity index (χ2n) is 6.29. The Labute approximate surface area is 151 Å². The molecule has 0 spiro atoms. The number of amides is 1. The summed E-state index contributed by atoms with van der Waals surface area (Å²) in [7, 11) is 0. The minimum absolute atomic E-state index is 0.0299. The van der Waals surface area contributed by atoms with Gasteiger partial charge in [-0.15, -0.1) is 0 Å². The molecule has 128 valence electrons. The predicted molar refractivity (Wildman–Crippen MR) is 103 cm³/mol. The Morgan fingerprint density at radius 3 is 2.56 bits per heavy atom. The molecule has 0 bridgehead atoms. The van der Waals surface area contributed by atoms with E-state index in [1.807, 2.05) is 32.9 Å². The van der Waals surface area contributed by atoms with Crippen LogP contribution < -0.4 is 10.7 Å². The van der Waals surface area contributed by atoms with Gasteiger partial charge in [-0.2, -0.15) is 0 Å². The Morgan fingerprint density at radius 2 is 1.84 bits per heavy atom. The third kappa shape index (κ3) is 3.59. The first-order valence-corrected chi connectivity index (χ1v) is 8.39. The van der Waals surface area contributed by atoms with Crippen molar-refractivity contribution in [2.45, 2.75) is 27.3 Å². The number of carbonyl (C=O) groups excluding carboxylic acids is 1. The molecule has 0 fully saturated rings. The quantitative estimate of drug-likeness (QED) is 0.765. The van der Waals surface area contributed by atoms with E-state index in [1.165, 1.54) is 6.07 Å². The van der Waals surface area contributed by atoms with Crippen LogP contribution in [0.4, 0.5) is 5.69 Å². The number of hydrogen-bond donors (Lipinski definition) is 1. The Bertz CT molecular complexity index is 1040. The van der Waals surface area contributed by atoms with Crippen molar-refractivity contribution in [2.75, 3.05) is 5.32 Å². The molecule has 0 aliphatic heterocycles. The van der Waals surface area contributed by atoms with Crippen LogP contribution in [-0.4, -0.2) is 10.5 Å². The number of aryl methyl sites for hydroxylation is 3. The van der Waals surface area contributed by atoms with Crippen LogP contribution >= 0.6 is 11.6 Å². The van der Waals surface area contributed by atoms with Crippen molar-refractivity contribution in [3.8, 4) is 0 Å². The van der Waals surface area contributed by atoms with Crippen molar-refractivity contribution < 1.29 is 4.79 Å². The lowest BCUT2D eigenvalue weighted by Crippen LogP contribution is -2.21. The third-order valence-corrected chi connectivity index (χ3v) is 4.43. The molecule has 1 N–H and O–H groups in total. The van der Waals surface area contributed by atoms with E-state index in [2.05, 4.69) is 5.32 Å². The molecular formula is C20H19ClN2O2. The van der Waals surface area contributed by atoms with E-state index < -0.39 is 0 Å². The lowest BCUT2D eigenvalue weighted by molar-refractivity contribution is -0.116. The van der Waals surface area contributed by atoms with Crippen LogP contribution in [0.1, 0.15) is 16.7 Å². The van der Waals surface area contributed by atoms with Crippen LogP contribution in [0.2, 0.25) is 5.02 Å². The van der Waals surface area contributed by atoms with Gasteiger partial charge < -0.3 is 9.88 Å². The maximum atomic E-state index is 12.5. The largest absolute Gasteiger partial charge is 0.338 e.